The third kappa shape index (κ3) is 2.18. The molecular formula is C14H11N3O2. The molecule has 1 aromatic heterocycles. The van der Waals surface area contributed by atoms with Crippen LogP contribution >= 0.6 is 0 Å². The average Bonchev–Trinajstić information content (AvgIpc) is 2.73. The maximum Gasteiger partial charge on any atom is 0.259 e. The Kier molecular flexibility index (Phi) is 2.72. The molecule has 1 aromatic carbocycles. The number of pyridine rings is 1. The molecule has 0 radical (unpaired) electrons. The maximum atomic E-state index is 11.5. The van der Waals surface area contributed by atoms with Gasteiger partial charge in [-0.25, -0.2) is 0 Å². The van der Waals surface area contributed by atoms with Crippen LogP contribution in [0, 0.1) is 0 Å². The van der Waals surface area contributed by atoms with Gasteiger partial charge in [0, 0.05) is 24.6 Å². The van der Waals surface area contributed by atoms with Gasteiger partial charge in [0.1, 0.15) is 0 Å². The summed E-state index contributed by atoms with van der Waals surface area (Å²) in [5.74, 6) is -0.677. The van der Waals surface area contributed by atoms with Gasteiger partial charge in [0.05, 0.1) is 11.1 Å². The van der Waals surface area contributed by atoms with Crippen LogP contribution in [0.2, 0.25) is 0 Å². The summed E-state index contributed by atoms with van der Waals surface area (Å²) in [7, 11) is 0. The van der Waals surface area contributed by atoms with E-state index < -0.39 is 0 Å². The number of carbonyl (C=O) groups is 2. The van der Waals surface area contributed by atoms with Crippen LogP contribution in [-0.4, -0.2) is 16.8 Å². The summed E-state index contributed by atoms with van der Waals surface area (Å²) < 4.78 is 0. The molecule has 0 unspecified atom stereocenters. The van der Waals surface area contributed by atoms with Gasteiger partial charge in [-0.3, -0.25) is 19.9 Å². The third-order valence-corrected chi connectivity index (χ3v) is 2.96. The number of nitrogens with zero attached hydrogens (tertiary/aromatic N) is 1. The van der Waals surface area contributed by atoms with Crippen molar-refractivity contribution in [3.05, 3.63) is 59.4 Å². The van der Waals surface area contributed by atoms with E-state index in [1.807, 2.05) is 12.1 Å². The van der Waals surface area contributed by atoms with Gasteiger partial charge in [-0.15, -0.1) is 0 Å². The number of hydrogen-bond acceptors (Lipinski definition) is 4. The fourth-order valence-corrected chi connectivity index (χ4v) is 1.98. The fraction of sp³-hybridized carbons (Fsp3) is 0.0714. The van der Waals surface area contributed by atoms with Crippen molar-refractivity contribution in [3.8, 4) is 0 Å². The van der Waals surface area contributed by atoms with Crippen LogP contribution < -0.4 is 10.6 Å². The Bertz CT molecular complexity index is 653. The second kappa shape index (κ2) is 4.53. The second-order valence-electron chi connectivity index (χ2n) is 4.26. The molecule has 2 N–H and O–H groups in total. The van der Waals surface area contributed by atoms with Crippen LogP contribution in [-0.2, 0) is 6.54 Å². The topological polar surface area (TPSA) is 71.1 Å². The number of rotatable bonds is 3. The molecule has 2 amide bonds. The Morgan fingerprint density at radius 3 is 2.74 bits per heavy atom. The fourth-order valence-electron chi connectivity index (χ4n) is 1.98. The van der Waals surface area contributed by atoms with E-state index in [9.17, 15) is 9.59 Å². The minimum Gasteiger partial charge on any atom is -0.381 e. The summed E-state index contributed by atoms with van der Waals surface area (Å²) in [6, 6.07) is 8.95. The monoisotopic (exact) mass is 253 g/mol. The van der Waals surface area contributed by atoms with Crippen LogP contribution in [0.3, 0.4) is 0 Å². The molecule has 0 saturated carbocycles. The van der Waals surface area contributed by atoms with Gasteiger partial charge in [-0.05, 0) is 29.8 Å². The summed E-state index contributed by atoms with van der Waals surface area (Å²) in [6.45, 7) is 0.613. The zero-order valence-corrected chi connectivity index (χ0v) is 10.0. The first kappa shape index (κ1) is 11.4. The van der Waals surface area contributed by atoms with E-state index in [0.717, 1.165) is 11.3 Å². The van der Waals surface area contributed by atoms with E-state index >= 15 is 0 Å². The van der Waals surface area contributed by atoms with Gasteiger partial charge < -0.3 is 5.32 Å². The summed E-state index contributed by atoms with van der Waals surface area (Å²) in [5, 5.41) is 5.46. The predicted molar refractivity (Wildman–Crippen MR) is 69.8 cm³/mol. The van der Waals surface area contributed by atoms with Crippen molar-refractivity contribution in [1.29, 1.82) is 0 Å². The summed E-state index contributed by atoms with van der Waals surface area (Å²) >= 11 is 0. The maximum absolute atomic E-state index is 11.5. The van der Waals surface area contributed by atoms with Crippen molar-refractivity contribution >= 4 is 17.5 Å². The second-order valence-corrected chi connectivity index (χ2v) is 4.26. The van der Waals surface area contributed by atoms with Crippen LogP contribution in [0.1, 0.15) is 26.3 Å². The van der Waals surface area contributed by atoms with Gasteiger partial charge in [0.25, 0.3) is 11.8 Å². The summed E-state index contributed by atoms with van der Waals surface area (Å²) in [6.07, 6.45) is 3.49. The number of fused-ring (bicyclic) bond motifs is 1. The lowest BCUT2D eigenvalue weighted by Gasteiger charge is -2.07. The van der Waals surface area contributed by atoms with Crippen molar-refractivity contribution < 1.29 is 9.59 Å². The van der Waals surface area contributed by atoms with Gasteiger partial charge in [-0.2, -0.15) is 0 Å². The van der Waals surface area contributed by atoms with Gasteiger partial charge in [0.15, 0.2) is 0 Å². The summed E-state index contributed by atoms with van der Waals surface area (Å²) in [4.78, 5) is 27.0. The summed E-state index contributed by atoms with van der Waals surface area (Å²) in [5.41, 5.74) is 2.69. The quantitative estimate of drug-likeness (QED) is 0.815. The third-order valence-electron chi connectivity index (χ3n) is 2.96. The Hall–Kier alpha value is -2.69. The molecule has 94 valence electrons. The lowest BCUT2D eigenvalue weighted by molar-refractivity contribution is 0.0879. The lowest BCUT2D eigenvalue weighted by atomic mass is 10.1. The molecule has 1 aliphatic rings. The smallest absolute Gasteiger partial charge is 0.259 e. The molecule has 2 heterocycles. The van der Waals surface area contributed by atoms with Gasteiger partial charge in [0.2, 0.25) is 0 Å². The lowest BCUT2D eigenvalue weighted by Crippen LogP contribution is -2.19. The van der Waals surface area contributed by atoms with E-state index in [4.69, 9.17) is 0 Å². The Labute approximate surface area is 109 Å². The van der Waals surface area contributed by atoms with E-state index in [1.54, 1.807) is 30.6 Å². The first-order valence-electron chi connectivity index (χ1n) is 5.86. The average molecular weight is 253 g/mol. The Balaban J connectivity index is 1.78. The van der Waals surface area contributed by atoms with Crippen molar-refractivity contribution in [2.75, 3.05) is 5.32 Å². The highest BCUT2D eigenvalue weighted by Crippen LogP contribution is 2.20. The van der Waals surface area contributed by atoms with Crippen LogP contribution in [0.15, 0.2) is 42.7 Å². The highest BCUT2D eigenvalue weighted by Gasteiger charge is 2.26. The largest absolute Gasteiger partial charge is 0.381 e. The van der Waals surface area contributed by atoms with Crippen LogP contribution in [0.5, 0.6) is 0 Å². The number of nitrogens with one attached hydrogen (secondary N) is 2. The van der Waals surface area contributed by atoms with Gasteiger partial charge in [-0.1, -0.05) is 6.07 Å². The first-order chi connectivity index (χ1) is 9.24. The van der Waals surface area contributed by atoms with Gasteiger partial charge >= 0.3 is 0 Å². The molecule has 0 saturated heterocycles. The van der Waals surface area contributed by atoms with E-state index in [2.05, 4.69) is 15.6 Å². The Morgan fingerprint density at radius 2 is 1.95 bits per heavy atom. The van der Waals surface area contributed by atoms with Crippen molar-refractivity contribution in [1.82, 2.24) is 10.3 Å². The molecule has 0 fully saturated rings. The molecule has 19 heavy (non-hydrogen) atoms. The van der Waals surface area contributed by atoms with Crippen molar-refractivity contribution in [2.45, 2.75) is 6.54 Å². The molecule has 0 atom stereocenters. The molecule has 5 heteroatoms. The SMILES string of the molecule is O=C1NC(=O)c2cc(NCc3cccnc3)ccc21. The number of amides is 2. The highest BCUT2D eigenvalue weighted by atomic mass is 16.2. The Morgan fingerprint density at radius 1 is 1.11 bits per heavy atom. The standard InChI is InChI=1S/C14H11N3O2/c18-13-11-4-3-10(6-12(11)14(19)17-13)16-8-9-2-1-5-15-7-9/h1-7,16H,8H2,(H,17,18,19). The normalized spacial score (nSPS) is 13.1. The number of benzene rings is 1. The number of carbonyl (C=O) groups excluding carboxylic acids is 2. The minimum absolute atomic E-state index is 0.334. The number of anilines is 1. The van der Waals surface area contributed by atoms with E-state index in [-0.39, 0.29) is 11.8 Å². The molecule has 3 rings (SSSR count). The molecule has 1 aliphatic heterocycles. The predicted octanol–water partition coefficient (Wildman–Crippen LogP) is 1.58. The first-order valence-corrected chi connectivity index (χ1v) is 5.86. The number of aromatic nitrogens is 1. The zero-order chi connectivity index (χ0) is 13.2. The molecule has 5 nitrogen and oxygen atoms in total. The van der Waals surface area contributed by atoms with Crippen LogP contribution in [0.25, 0.3) is 0 Å². The minimum atomic E-state index is -0.343. The molecular weight excluding hydrogens is 242 g/mol. The van der Waals surface area contributed by atoms with E-state index in [0.29, 0.717) is 17.7 Å². The molecule has 0 bridgehead atoms. The van der Waals surface area contributed by atoms with E-state index in [1.165, 1.54) is 0 Å². The number of hydrogen-bond donors (Lipinski definition) is 2. The van der Waals surface area contributed by atoms with Crippen molar-refractivity contribution in [2.24, 2.45) is 0 Å². The molecule has 2 aromatic rings. The molecule has 0 spiro atoms. The number of imide groups is 1. The van der Waals surface area contributed by atoms with Crippen LogP contribution in [0.4, 0.5) is 5.69 Å². The molecule has 0 aliphatic carbocycles. The van der Waals surface area contributed by atoms with Crippen molar-refractivity contribution in [3.63, 3.8) is 0 Å². The highest BCUT2D eigenvalue weighted by molar-refractivity contribution is 6.21. The zero-order valence-electron chi connectivity index (χ0n) is 10.0.